The second-order valence-corrected chi connectivity index (χ2v) is 6.76. The number of thiophene rings is 1. The molecule has 16 heavy (non-hydrogen) atoms. The minimum atomic E-state index is 0.431. The van der Waals surface area contributed by atoms with Crippen LogP contribution in [0.25, 0.3) is 10.1 Å². The average molecular weight is 289 g/mol. The summed E-state index contributed by atoms with van der Waals surface area (Å²) in [6, 6.07) is 19.4. The molecule has 0 aliphatic heterocycles. The SMILES string of the molecule is c1ccc([Se]c2csc3ccccc23)cc1. The van der Waals surface area contributed by atoms with Crippen molar-refractivity contribution in [3.63, 3.8) is 0 Å². The second-order valence-electron chi connectivity index (χ2n) is 3.51. The van der Waals surface area contributed by atoms with Gasteiger partial charge in [-0.2, -0.15) is 0 Å². The Bertz CT molecular complexity index is 598. The molecule has 1 heterocycles. The minimum absolute atomic E-state index is 0.431. The van der Waals surface area contributed by atoms with Gasteiger partial charge in [-0.25, -0.2) is 0 Å². The molecule has 2 heteroatoms. The predicted molar refractivity (Wildman–Crippen MR) is 73.3 cm³/mol. The van der Waals surface area contributed by atoms with Gasteiger partial charge in [0.05, 0.1) is 0 Å². The zero-order chi connectivity index (χ0) is 10.8. The maximum absolute atomic E-state index is 2.30. The molecule has 0 radical (unpaired) electrons. The second kappa shape index (κ2) is 4.42. The Hall–Kier alpha value is -1.08. The van der Waals surface area contributed by atoms with Crippen LogP contribution in [0.15, 0.2) is 60.0 Å². The summed E-state index contributed by atoms with van der Waals surface area (Å²) in [5.74, 6) is 0. The van der Waals surface area contributed by atoms with E-state index in [1.807, 2.05) is 11.3 Å². The van der Waals surface area contributed by atoms with E-state index in [0.29, 0.717) is 15.0 Å². The van der Waals surface area contributed by atoms with E-state index in [1.54, 1.807) is 0 Å². The van der Waals surface area contributed by atoms with E-state index in [1.165, 1.54) is 19.0 Å². The van der Waals surface area contributed by atoms with Gasteiger partial charge in [0, 0.05) is 0 Å². The Morgan fingerprint density at radius 2 is 1.56 bits per heavy atom. The van der Waals surface area contributed by atoms with Crippen molar-refractivity contribution in [3.8, 4) is 0 Å². The summed E-state index contributed by atoms with van der Waals surface area (Å²) in [4.78, 5) is 0. The van der Waals surface area contributed by atoms with Crippen LogP contribution < -0.4 is 8.92 Å². The Labute approximate surface area is 105 Å². The van der Waals surface area contributed by atoms with Gasteiger partial charge in [-0.3, -0.25) is 0 Å². The van der Waals surface area contributed by atoms with Crippen molar-refractivity contribution in [2.75, 3.05) is 0 Å². The van der Waals surface area contributed by atoms with Crippen molar-refractivity contribution in [1.82, 2.24) is 0 Å². The van der Waals surface area contributed by atoms with E-state index in [4.69, 9.17) is 0 Å². The standard InChI is InChI=1S/C14H10SSe/c1-2-6-11(7-3-1)16-14-10-15-13-9-5-4-8-12(13)14/h1-10H. The van der Waals surface area contributed by atoms with E-state index >= 15 is 0 Å². The number of rotatable bonds is 2. The van der Waals surface area contributed by atoms with Gasteiger partial charge >= 0.3 is 105 Å². The quantitative estimate of drug-likeness (QED) is 0.636. The first-order valence-corrected chi connectivity index (χ1v) is 7.72. The van der Waals surface area contributed by atoms with Crippen LogP contribution in [0, 0.1) is 0 Å². The molecule has 0 aliphatic rings. The molecule has 0 atom stereocenters. The van der Waals surface area contributed by atoms with Crippen molar-refractivity contribution in [2.45, 2.75) is 0 Å². The third-order valence-corrected chi connectivity index (χ3v) is 5.95. The number of benzene rings is 2. The van der Waals surface area contributed by atoms with Gasteiger partial charge < -0.3 is 0 Å². The molecule has 3 rings (SSSR count). The van der Waals surface area contributed by atoms with Crippen LogP contribution >= 0.6 is 11.3 Å². The Morgan fingerprint density at radius 3 is 2.44 bits per heavy atom. The average Bonchev–Trinajstić information content (AvgIpc) is 2.74. The molecule has 0 spiro atoms. The summed E-state index contributed by atoms with van der Waals surface area (Å²) in [5.41, 5.74) is 0. The fourth-order valence-electron chi connectivity index (χ4n) is 1.65. The molecule has 0 aliphatic carbocycles. The zero-order valence-corrected chi connectivity index (χ0v) is 11.1. The van der Waals surface area contributed by atoms with E-state index in [2.05, 4.69) is 60.0 Å². The monoisotopic (exact) mass is 290 g/mol. The molecule has 0 nitrogen and oxygen atoms in total. The van der Waals surface area contributed by atoms with E-state index in [9.17, 15) is 0 Å². The first kappa shape index (κ1) is 10.1. The fraction of sp³-hybridized carbons (Fsp3) is 0. The topological polar surface area (TPSA) is 0 Å². The van der Waals surface area contributed by atoms with E-state index < -0.39 is 0 Å². The van der Waals surface area contributed by atoms with Gasteiger partial charge in [-0.05, 0) is 0 Å². The van der Waals surface area contributed by atoms with Crippen LogP contribution in [0.4, 0.5) is 0 Å². The van der Waals surface area contributed by atoms with Gasteiger partial charge in [0.2, 0.25) is 0 Å². The summed E-state index contributed by atoms with van der Waals surface area (Å²) in [7, 11) is 0. The van der Waals surface area contributed by atoms with Crippen LogP contribution in [-0.2, 0) is 0 Å². The maximum atomic E-state index is 2.30. The van der Waals surface area contributed by atoms with Gasteiger partial charge in [0.1, 0.15) is 0 Å². The first-order chi connectivity index (χ1) is 7.93. The Morgan fingerprint density at radius 1 is 0.812 bits per heavy atom. The van der Waals surface area contributed by atoms with Crippen LogP contribution in [0.1, 0.15) is 0 Å². The summed E-state index contributed by atoms with van der Waals surface area (Å²) in [6.45, 7) is 0. The molecule has 0 unspecified atom stereocenters. The van der Waals surface area contributed by atoms with Gasteiger partial charge in [0.15, 0.2) is 0 Å². The molecule has 0 amide bonds. The molecule has 1 aromatic heterocycles. The third kappa shape index (κ3) is 1.92. The normalized spacial score (nSPS) is 10.8. The molecule has 0 N–H and O–H groups in total. The molecule has 0 saturated carbocycles. The zero-order valence-electron chi connectivity index (χ0n) is 8.59. The predicted octanol–water partition coefficient (Wildman–Crippen LogP) is 2.56. The molecule has 0 fully saturated rings. The summed E-state index contributed by atoms with van der Waals surface area (Å²) >= 11 is 2.28. The van der Waals surface area contributed by atoms with Crippen LogP contribution in [-0.4, -0.2) is 15.0 Å². The van der Waals surface area contributed by atoms with Crippen LogP contribution in [0.3, 0.4) is 0 Å². The molecular formula is C14H10SSe. The number of fused-ring (bicyclic) bond motifs is 1. The Kier molecular flexibility index (Phi) is 2.79. The molecule has 78 valence electrons. The molecular weight excluding hydrogens is 279 g/mol. The third-order valence-electron chi connectivity index (χ3n) is 2.42. The molecule has 2 aromatic carbocycles. The van der Waals surface area contributed by atoms with Gasteiger partial charge in [-0.15, -0.1) is 0 Å². The van der Waals surface area contributed by atoms with Gasteiger partial charge in [0.25, 0.3) is 0 Å². The van der Waals surface area contributed by atoms with Crippen LogP contribution in [0.5, 0.6) is 0 Å². The summed E-state index contributed by atoms with van der Waals surface area (Å²) < 4.78 is 4.34. The fourth-order valence-corrected chi connectivity index (χ4v) is 5.02. The molecule has 3 aromatic rings. The van der Waals surface area contributed by atoms with Crippen molar-refractivity contribution < 1.29 is 0 Å². The first-order valence-electron chi connectivity index (χ1n) is 5.12. The number of hydrogen-bond acceptors (Lipinski definition) is 1. The van der Waals surface area contributed by atoms with Crippen molar-refractivity contribution in [3.05, 3.63) is 60.0 Å². The summed E-state index contributed by atoms with van der Waals surface area (Å²) in [6.07, 6.45) is 0. The number of hydrogen-bond donors (Lipinski definition) is 0. The van der Waals surface area contributed by atoms with Crippen LogP contribution in [0.2, 0.25) is 0 Å². The van der Waals surface area contributed by atoms with E-state index in [-0.39, 0.29) is 0 Å². The van der Waals surface area contributed by atoms with Crippen molar-refractivity contribution >= 4 is 45.3 Å². The Balaban J connectivity index is 2.01. The summed E-state index contributed by atoms with van der Waals surface area (Å²) in [5, 5.41) is 3.73. The van der Waals surface area contributed by atoms with E-state index in [0.717, 1.165) is 0 Å². The van der Waals surface area contributed by atoms with Crippen molar-refractivity contribution in [2.24, 2.45) is 0 Å². The van der Waals surface area contributed by atoms with Crippen molar-refractivity contribution in [1.29, 1.82) is 0 Å². The molecule has 0 bridgehead atoms. The van der Waals surface area contributed by atoms with Gasteiger partial charge in [-0.1, -0.05) is 0 Å². The molecule has 0 saturated heterocycles.